The molecule has 0 aromatic heterocycles. The van der Waals surface area contributed by atoms with E-state index in [9.17, 15) is 0 Å². The van der Waals surface area contributed by atoms with E-state index in [1.807, 2.05) is 6.07 Å². The van der Waals surface area contributed by atoms with Crippen molar-refractivity contribution >= 4 is 6.08 Å². The molecular formula is C19H23N. The third-order valence-electron chi connectivity index (χ3n) is 3.89. The summed E-state index contributed by atoms with van der Waals surface area (Å²) in [5.41, 5.74) is 8.65. The highest BCUT2D eigenvalue weighted by molar-refractivity contribution is 5.48. The van der Waals surface area contributed by atoms with Gasteiger partial charge in [0.25, 0.3) is 0 Å². The number of nitrogens with two attached hydrogens (primary N) is 1. The number of hydrogen-bond donors (Lipinski definition) is 1. The van der Waals surface area contributed by atoms with E-state index >= 15 is 0 Å². The Balaban J connectivity index is 1.96. The molecule has 0 aliphatic heterocycles. The highest BCUT2D eigenvalue weighted by Crippen LogP contribution is 2.28. The molecule has 1 heteroatoms. The quantitative estimate of drug-likeness (QED) is 0.823. The molecule has 104 valence electrons. The van der Waals surface area contributed by atoms with Crippen molar-refractivity contribution in [2.45, 2.75) is 25.2 Å². The predicted molar refractivity (Wildman–Crippen MR) is 87.6 cm³/mol. The van der Waals surface area contributed by atoms with Crippen LogP contribution in [0.15, 0.2) is 66.7 Å². The van der Waals surface area contributed by atoms with E-state index in [-0.39, 0.29) is 5.41 Å². The lowest BCUT2D eigenvalue weighted by Gasteiger charge is -2.28. The zero-order chi connectivity index (χ0) is 14.3. The van der Waals surface area contributed by atoms with Gasteiger partial charge in [-0.1, -0.05) is 79.7 Å². The highest BCUT2D eigenvalue weighted by Gasteiger charge is 2.23. The number of allylic oxidation sites excluding steroid dienone is 1. The van der Waals surface area contributed by atoms with Crippen molar-refractivity contribution in [1.29, 1.82) is 0 Å². The lowest BCUT2D eigenvalue weighted by Crippen LogP contribution is -2.31. The Morgan fingerprint density at radius 2 is 1.55 bits per heavy atom. The molecule has 0 amide bonds. The summed E-state index contributed by atoms with van der Waals surface area (Å²) in [6, 6.07) is 21.0. The van der Waals surface area contributed by atoms with Gasteiger partial charge in [0.05, 0.1) is 0 Å². The molecular weight excluding hydrogens is 242 g/mol. The summed E-state index contributed by atoms with van der Waals surface area (Å²) < 4.78 is 0. The summed E-state index contributed by atoms with van der Waals surface area (Å²) in [7, 11) is 0. The minimum absolute atomic E-state index is 0.0578. The molecule has 2 aromatic carbocycles. The van der Waals surface area contributed by atoms with E-state index in [0.717, 1.165) is 12.8 Å². The van der Waals surface area contributed by atoms with Crippen LogP contribution in [0.3, 0.4) is 0 Å². The fourth-order valence-corrected chi connectivity index (χ4v) is 2.39. The van der Waals surface area contributed by atoms with Gasteiger partial charge in [-0.05, 0) is 24.0 Å². The zero-order valence-corrected chi connectivity index (χ0v) is 12.1. The van der Waals surface area contributed by atoms with Crippen LogP contribution in [0.4, 0.5) is 0 Å². The second-order valence-corrected chi connectivity index (χ2v) is 5.48. The van der Waals surface area contributed by atoms with Crippen LogP contribution in [0.2, 0.25) is 0 Å². The van der Waals surface area contributed by atoms with Crippen LogP contribution >= 0.6 is 0 Å². The second-order valence-electron chi connectivity index (χ2n) is 5.48. The number of benzene rings is 2. The smallest absolute Gasteiger partial charge is 0.00502 e. The fraction of sp³-hybridized carbons (Fsp3) is 0.263. The normalized spacial score (nSPS) is 14.3. The maximum atomic E-state index is 6.01. The van der Waals surface area contributed by atoms with Gasteiger partial charge in [-0.2, -0.15) is 0 Å². The molecule has 1 atom stereocenters. The Morgan fingerprint density at radius 1 is 0.950 bits per heavy atom. The SMILES string of the molecule is CC(CN)(CC/C=C/c1ccccc1)c1ccccc1. The fourth-order valence-electron chi connectivity index (χ4n) is 2.39. The largest absolute Gasteiger partial charge is 0.330 e. The lowest BCUT2D eigenvalue weighted by atomic mass is 9.78. The average molecular weight is 265 g/mol. The van der Waals surface area contributed by atoms with Gasteiger partial charge in [0.15, 0.2) is 0 Å². The van der Waals surface area contributed by atoms with Crippen molar-refractivity contribution in [3.63, 3.8) is 0 Å². The summed E-state index contributed by atoms with van der Waals surface area (Å²) in [5, 5.41) is 0. The van der Waals surface area contributed by atoms with Crippen LogP contribution in [0.25, 0.3) is 6.08 Å². The lowest BCUT2D eigenvalue weighted by molar-refractivity contribution is 0.449. The van der Waals surface area contributed by atoms with Gasteiger partial charge >= 0.3 is 0 Å². The Morgan fingerprint density at radius 3 is 2.15 bits per heavy atom. The molecule has 20 heavy (non-hydrogen) atoms. The summed E-state index contributed by atoms with van der Waals surface area (Å²) >= 11 is 0. The van der Waals surface area contributed by atoms with Gasteiger partial charge in [-0.25, -0.2) is 0 Å². The third kappa shape index (κ3) is 3.82. The molecule has 0 aliphatic carbocycles. The van der Waals surface area contributed by atoms with Crippen molar-refractivity contribution in [1.82, 2.24) is 0 Å². The Bertz CT molecular complexity index is 530. The van der Waals surface area contributed by atoms with E-state index in [1.54, 1.807) is 0 Å². The number of hydrogen-bond acceptors (Lipinski definition) is 1. The monoisotopic (exact) mass is 265 g/mol. The van der Waals surface area contributed by atoms with Gasteiger partial charge in [-0.3, -0.25) is 0 Å². The molecule has 1 nitrogen and oxygen atoms in total. The van der Waals surface area contributed by atoms with E-state index in [4.69, 9.17) is 5.73 Å². The predicted octanol–water partition coefficient (Wildman–Crippen LogP) is 4.40. The Labute approximate surface area is 122 Å². The van der Waals surface area contributed by atoms with Gasteiger partial charge in [-0.15, -0.1) is 0 Å². The van der Waals surface area contributed by atoms with Gasteiger partial charge in [0.2, 0.25) is 0 Å². The maximum absolute atomic E-state index is 6.01. The first-order valence-corrected chi connectivity index (χ1v) is 7.22. The summed E-state index contributed by atoms with van der Waals surface area (Å²) in [4.78, 5) is 0. The molecule has 2 aromatic rings. The van der Waals surface area contributed by atoms with E-state index in [1.165, 1.54) is 11.1 Å². The number of rotatable bonds is 6. The van der Waals surface area contributed by atoms with Gasteiger partial charge in [0, 0.05) is 12.0 Å². The third-order valence-corrected chi connectivity index (χ3v) is 3.89. The maximum Gasteiger partial charge on any atom is 0.00502 e. The first-order chi connectivity index (χ1) is 9.74. The minimum atomic E-state index is 0.0578. The van der Waals surface area contributed by atoms with Crippen LogP contribution in [0, 0.1) is 0 Å². The van der Waals surface area contributed by atoms with Crippen LogP contribution in [-0.4, -0.2) is 6.54 Å². The first kappa shape index (κ1) is 14.5. The van der Waals surface area contributed by atoms with E-state index in [2.05, 4.69) is 73.7 Å². The molecule has 2 rings (SSSR count). The van der Waals surface area contributed by atoms with Crippen LogP contribution in [-0.2, 0) is 5.41 Å². The molecule has 0 radical (unpaired) electrons. The van der Waals surface area contributed by atoms with Crippen molar-refractivity contribution in [3.8, 4) is 0 Å². The average Bonchev–Trinajstić information content (AvgIpc) is 2.53. The topological polar surface area (TPSA) is 26.0 Å². The molecule has 1 unspecified atom stereocenters. The van der Waals surface area contributed by atoms with Crippen LogP contribution in [0.1, 0.15) is 30.9 Å². The molecule has 0 fully saturated rings. The van der Waals surface area contributed by atoms with Crippen molar-refractivity contribution in [2.24, 2.45) is 5.73 Å². The highest BCUT2D eigenvalue weighted by atomic mass is 14.6. The molecule has 2 N–H and O–H groups in total. The molecule has 0 saturated heterocycles. The van der Waals surface area contributed by atoms with Crippen molar-refractivity contribution in [3.05, 3.63) is 77.9 Å². The summed E-state index contributed by atoms with van der Waals surface area (Å²) in [6.45, 7) is 2.93. The van der Waals surface area contributed by atoms with Crippen LogP contribution < -0.4 is 5.73 Å². The first-order valence-electron chi connectivity index (χ1n) is 7.22. The molecule has 0 heterocycles. The molecule has 0 bridgehead atoms. The van der Waals surface area contributed by atoms with Crippen molar-refractivity contribution in [2.75, 3.05) is 6.54 Å². The molecule has 0 aliphatic rings. The standard InChI is InChI=1S/C19H23N/c1-19(16-20,18-13-6-3-7-14-18)15-9-8-12-17-10-4-2-5-11-17/h2-8,10-14H,9,15-16,20H2,1H3/b12-8+. The van der Waals surface area contributed by atoms with Gasteiger partial charge < -0.3 is 5.73 Å². The van der Waals surface area contributed by atoms with E-state index < -0.39 is 0 Å². The van der Waals surface area contributed by atoms with Gasteiger partial charge in [0.1, 0.15) is 0 Å². The second kappa shape index (κ2) is 7.06. The van der Waals surface area contributed by atoms with Crippen LogP contribution in [0.5, 0.6) is 0 Å². The Hall–Kier alpha value is -1.86. The summed E-state index contributed by atoms with van der Waals surface area (Å²) in [5.74, 6) is 0. The Kier molecular flexibility index (Phi) is 5.14. The molecule has 0 saturated carbocycles. The minimum Gasteiger partial charge on any atom is -0.330 e. The van der Waals surface area contributed by atoms with E-state index in [0.29, 0.717) is 6.54 Å². The zero-order valence-electron chi connectivity index (χ0n) is 12.1. The molecule has 0 spiro atoms. The van der Waals surface area contributed by atoms with Crippen molar-refractivity contribution < 1.29 is 0 Å². The summed E-state index contributed by atoms with van der Waals surface area (Å²) in [6.07, 6.45) is 6.53.